The SMILES string of the molecule is Brc1ccc(N2CCCC2)cn1. The molecule has 0 bridgehead atoms. The van der Waals surface area contributed by atoms with Crippen molar-refractivity contribution in [1.29, 1.82) is 0 Å². The van der Waals surface area contributed by atoms with Gasteiger partial charge >= 0.3 is 0 Å². The fraction of sp³-hybridized carbons (Fsp3) is 0.444. The zero-order valence-corrected chi connectivity index (χ0v) is 8.42. The highest BCUT2D eigenvalue weighted by atomic mass is 79.9. The Bertz CT molecular complexity index is 252. The van der Waals surface area contributed by atoms with Gasteiger partial charge in [-0.25, -0.2) is 4.98 Å². The molecule has 0 radical (unpaired) electrons. The van der Waals surface area contributed by atoms with Crippen molar-refractivity contribution in [3.8, 4) is 0 Å². The fourth-order valence-electron chi connectivity index (χ4n) is 1.53. The number of rotatable bonds is 1. The Morgan fingerprint density at radius 2 is 2.00 bits per heavy atom. The first-order valence-corrected chi connectivity index (χ1v) is 5.02. The topological polar surface area (TPSA) is 16.1 Å². The molecule has 1 saturated heterocycles. The third-order valence-corrected chi connectivity index (χ3v) is 2.65. The van der Waals surface area contributed by atoms with Crippen LogP contribution in [0.2, 0.25) is 0 Å². The van der Waals surface area contributed by atoms with Crippen molar-refractivity contribution >= 4 is 21.6 Å². The van der Waals surface area contributed by atoms with Crippen molar-refractivity contribution in [1.82, 2.24) is 4.98 Å². The highest BCUT2D eigenvalue weighted by Crippen LogP contribution is 2.19. The van der Waals surface area contributed by atoms with E-state index in [1.165, 1.54) is 31.6 Å². The molecule has 1 aliphatic rings. The van der Waals surface area contributed by atoms with Crippen LogP contribution in [-0.4, -0.2) is 18.1 Å². The maximum atomic E-state index is 4.20. The van der Waals surface area contributed by atoms with Crippen molar-refractivity contribution in [3.63, 3.8) is 0 Å². The van der Waals surface area contributed by atoms with Gasteiger partial charge in [0.15, 0.2) is 0 Å². The summed E-state index contributed by atoms with van der Waals surface area (Å²) in [5, 5.41) is 0. The first kappa shape index (κ1) is 8.05. The number of nitrogens with zero attached hydrogens (tertiary/aromatic N) is 2. The minimum Gasteiger partial charge on any atom is -0.370 e. The van der Waals surface area contributed by atoms with E-state index in [0.717, 1.165) is 4.60 Å². The molecule has 0 saturated carbocycles. The Morgan fingerprint density at radius 1 is 1.25 bits per heavy atom. The molecule has 1 aromatic heterocycles. The van der Waals surface area contributed by atoms with Crippen molar-refractivity contribution in [2.45, 2.75) is 12.8 Å². The Kier molecular flexibility index (Phi) is 2.30. The fourth-order valence-corrected chi connectivity index (χ4v) is 1.76. The molecule has 1 fully saturated rings. The Balaban J connectivity index is 2.17. The summed E-state index contributed by atoms with van der Waals surface area (Å²) in [4.78, 5) is 6.57. The maximum absolute atomic E-state index is 4.20. The predicted molar refractivity (Wildman–Crippen MR) is 53.4 cm³/mol. The molecule has 0 unspecified atom stereocenters. The van der Waals surface area contributed by atoms with Gasteiger partial charge in [0.1, 0.15) is 4.60 Å². The van der Waals surface area contributed by atoms with Gasteiger partial charge in [-0.3, -0.25) is 0 Å². The predicted octanol–water partition coefficient (Wildman–Crippen LogP) is 2.44. The third-order valence-electron chi connectivity index (χ3n) is 2.18. The van der Waals surface area contributed by atoms with Gasteiger partial charge in [-0.1, -0.05) is 0 Å². The van der Waals surface area contributed by atoms with Crippen LogP contribution in [0.3, 0.4) is 0 Å². The van der Waals surface area contributed by atoms with E-state index in [0.29, 0.717) is 0 Å². The monoisotopic (exact) mass is 226 g/mol. The van der Waals surface area contributed by atoms with Crippen molar-refractivity contribution in [2.75, 3.05) is 18.0 Å². The van der Waals surface area contributed by atoms with Crippen LogP contribution >= 0.6 is 15.9 Å². The van der Waals surface area contributed by atoms with Crippen LogP contribution in [0.15, 0.2) is 22.9 Å². The zero-order chi connectivity index (χ0) is 8.39. The molecule has 64 valence electrons. The van der Waals surface area contributed by atoms with E-state index < -0.39 is 0 Å². The number of halogens is 1. The van der Waals surface area contributed by atoms with Crippen molar-refractivity contribution < 1.29 is 0 Å². The molecule has 0 aliphatic carbocycles. The molecular weight excluding hydrogens is 216 g/mol. The molecule has 0 spiro atoms. The van der Waals surface area contributed by atoms with E-state index in [2.05, 4.69) is 31.9 Å². The Hall–Kier alpha value is -0.570. The van der Waals surface area contributed by atoms with Crippen LogP contribution in [0.1, 0.15) is 12.8 Å². The van der Waals surface area contributed by atoms with Crippen LogP contribution in [0.5, 0.6) is 0 Å². The highest BCUT2D eigenvalue weighted by molar-refractivity contribution is 9.10. The summed E-state index contributed by atoms with van der Waals surface area (Å²) in [6.45, 7) is 2.37. The molecule has 2 nitrogen and oxygen atoms in total. The lowest BCUT2D eigenvalue weighted by molar-refractivity contribution is 0.949. The minimum absolute atomic E-state index is 0.908. The van der Waals surface area contributed by atoms with Gasteiger partial charge in [0.05, 0.1) is 11.9 Å². The quantitative estimate of drug-likeness (QED) is 0.685. The molecule has 0 atom stereocenters. The molecule has 2 rings (SSSR count). The molecule has 12 heavy (non-hydrogen) atoms. The van der Waals surface area contributed by atoms with E-state index in [9.17, 15) is 0 Å². The first-order valence-electron chi connectivity index (χ1n) is 4.23. The lowest BCUT2D eigenvalue weighted by Crippen LogP contribution is -2.17. The second-order valence-corrected chi connectivity index (χ2v) is 3.85. The lowest BCUT2D eigenvalue weighted by Gasteiger charge is -2.16. The number of anilines is 1. The van der Waals surface area contributed by atoms with E-state index >= 15 is 0 Å². The van der Waals surface area contributed by atoms with Crippen LogP contribution in [0.4, 0.5) is 5.69 Å². The average molecular weight is 227 g/mol. The zero-order valence-electron chi connectivity index (χ0n) is 6.83. The third kappa shape index (κ3) is 1.61. The van der Waals surface area contributed by atoms with Gasteiger partial charge in [-0.2, -0.15) is 0 Å². The molecule has 1 aliphatic heterocycles. The van der Waals surface area contributed by atoms with E-state index in [4.69, 9.17) is 0 Å². The van der Waals surface area contributed by atoms with Gasteiger partial charge in [0.25, 0.3) is 0 Å². The number of aromatic nitrogens is 1. The van der Waals surface area contributed by atoms with Gasteiger partial charge < -0.3 is 4.90 Å². The summed E-state index contributed by atoms with van der Waals surface area (Å²) in [6.07, 6.45) is 4.56. The molecular formula is C9H11BrN2. The average Bonchev–Trinajstić information content (AvgIpc) is 2.58. The summed E-state index contributed by atoms with van der Waals surface area (Å²) < 4.78 is 0.908. The summed E-state index contributed by atoms with van der Waals surface area (Å²) in [6, 6.07) is 4.11. The van der Waals surface area contributed by atoms with Crippen LogP contribution in [-0.2, 0) is 0 Å². The van der Waals surface area contributed by atoms with Crippen molar-refractivity contribution in [3.05, 3.63) is 22.9 Å². The van der Waals surface area contributed by atoms with E-state index in [1.807, 2.05) is 12.3 Å². The molecule has 0 aromatic carbocycles. The standard InChI is InChI=1S/C9H11BrN2/c10-9-4-3-8(7-11-9)12-5-1-2-6-12/h3-4,7H,1-2,5-6H2. The summed E-state index contributed by atoms with van der Waals surface area (Å²) in [5.41, 5.74) is 1.25. The van der Waals surface area contributed by atoms with Gasteiger partial charge in [0.2, 0.25) is 0 Å². The first-order chi connectivity index (χ1) is 5.86. The maximum Gasteiger partial charge on any atom is 0.106 e. The number of hydrogen-bond acceptors (Lipinski definition) is 2. The largest absolute Gasteiger partial charge is 0.370 e. The molecule has 0 amide bonds. The van der Waals surface area contributed by atoms with Crippen LogP contribution < -0.4 is 4.90 Å². The van der Waals surface area contributed by atoms with E-state index in [1.54, 1.807) is 0 Å². The number of hydrogen-bond donors (Lipinski definition) is 0. The molecule has 3 heteroatoms. The Labute approximate surface area is 80.7 Å². The smallest absolute Gasteiger partial charge is 0.106 e. The summed E-state index contributed by atoms with van der Waals surface area (Å²) in [7, 11) is 0. The van der Waals surface area contributed by atoms with Gasteiger partial charge in [-0.15, -0.1) is 0 Å². The second kappa shape index (κ2) is 3.44. The van der Waals surface area contributed by atoms with Gasteiger partial charge in [-0.05, 0) is 40.9 Å². The van der Waals surface area contributed by atoms with Crippen molar-refractivity contribution in [2.24, 2.45) is 0 Å². The lowest BCUT2D eigenvalue weighted by atomic mass is 10.4. The molecule has 0 N–H and O–H groups in total. The summed E-state index contributed by atoms with van der Waals surface area (Å²) >= 11 is 3.32. The Morgan fingerprint density at radius 3 is 2.58 bits per heavy atom. The van der Waals surface area contributed by atoms with E-state index in [-0.39, 0.29) is 0 Å². The normalized spacial score (nSPS) is 16.9. The minimum atomic E-state index is 0.908. The second-order valence-electron chi connectivity index (χ2n) is 3.03. The highest BCUT2D eigenvalue weighted by Gasteiger charge is 2.11. The van der Waals surface area contributed by atoms with Crippen LogP contribution in [0, 0.1) is 0 Å². The van der Waals surface area contributed by atoms with Crippen LogP contribution in [0.25, 0.3) is 0 Å². The summed E-state index contributed by atoms with van der Waals surface area (Å²) in [5.74, 6) is 0. The number of pyridine rings is 1. The molecule has 2 heterocycles. The molecule has 1 aromatic rings. The van der Waals surface area contributed by atoms with Gasteiger partial charge in [0, 0.05) is 13.1 Å².